The van der Waals surface area contributed by atoms with E-state index in [0.29, 0.717) is 13.0 Å². The summed E-state index contributed by atoms with van der Waals surface area (Å²) in [6.07, 6.45) is 0.552. The summed E-state index contributed by atoms with van der Waals surface area (Å²) in [4.78, 5) is 13.7. The number of benzene rings is 1. The molecule has 3 N–H and O–H groups in total. The summed E-state index contributed by atoms with van der Waals surface area (Å²) < 4.78 is 0. The van der Waals surface area contributed by atoms with Crippen molar-refractivity contribution in [1.82, 2.24) is 10.2 Å². The van der Waals surface area contributed by atoms with E-state index in [9.17, 15) is 4.79 Å². The summed E-state index contributed by atoms with van der Waals surface area (Å²) in [6.45, 7) is 7.31. The Kier molecular flexibility index (Phi) is 6.22. The molecule has 4 heteroatoms. The van der Waals surface area contributed by atoms with Gasteiger partial charge in [0.2, 0.25) is 5.91 Å². The van der Waals surface area contributed by atoms with Crippen LogP contribution in [-0.2, 0) is 11.3 Å². The van der Waals surface area contributed by atoms with Gasteiger partial charge >= 0.3 is 0 Å². The van der Waals surface area contributed by atoms with E-state index in [0.717, 1.165) is 25.3 Å². The molecule has 0 bridgehead atoms. The van der Waals surface area contributed by atoms with Gasteiger partial charge in [0.05, 0.1) is 0 Å². The molecule has 0 radical (unpaired) electrons. The number of hydrogen-bond acceptors (Lipinski definition) is 3. The van der Waals surface area contributed by atoms with Gasteiger partial charge in [-0.15, -0.1) is 0 Å². The van der Waals surface area contributed by atoms with E-state index in [1.807, 2.05) is 31.2 Å². The highest BCUT2D eigenvalue weighted by Gasteiger charge is 2.06. The van der Waals surface area contributed by atoms with Crippen molar-refractivity contribution in [2.24, 2.45) is 0 Å². The van der Waals surface area contributed by atoms with E-state index in [-0.39, 0.29) is 5.91 Å². The lowest BCUT2D eigenvalue weighted by molar-refractivity contribution is -0.121. The number of carbonyl (C=O) groups is 1. The number of anilines is 1. The lowest BCUT2D eigenvalue weighted by Crippen LogP contribution is -2.30. The largest absolute Gasteiger partial charge is 0.399 e. The first-order chi connectivity index (χ1) is 8.65. The molecule has 0 aromatic heterocycles. The molecule has 0 atom stereocenters. The molecule has 0 aliphatic carbocycles. The maximum Gasteiger partial charge on any atom is 0.221 e. The summed E-state index contributed by atoms with van der Waals surface area (Å²) in [6, 6.07) is 7.88. The van der Waals surface area contributed by atoms with Crippen molar-refractivity contribution in [2.75, 3.05) is 25.4 Å². The van der Waals surface area contributed by atoms with Crippen LogP contribution >= 0.6 is 0 Å². The van der Waals surface area contributed by atoms with Gasteiger partial charge in [-0.25, -0.2) is 0 Å². The van der Waals surface area contributed by atoms with E-state index in [1.165, 1.54) is 5.56 Å². The van der Waals surface area contributed by atoms with Crippen molar-refractivity contribution in [3.63, 3.8) is 0 Å². The second-order valence-electron chi connectivity index (χ2n) is 4.31. The number of nitrogens with zero attached hydrogens (tertiary/aromatic N) is 1. The molecule has 0 heterocycles. The van der Waals surface area contributed by atoms with Crippen molar-refractivity contribution in [3.8, 4) is 0 Å². The Morgan fingerprint density at radius 3 is 2.50 bits per heavy atom. The maximum atomic E-state index is 11.4. The zero-order valence-corrected chi connectivity index (χ0v) is 11.3. The van der Waals surface area contributed by atoms with Crippen molar-refractivity contribution >= 4 is 11.6 Å². The first-order valence-corrected chi connectivity index (χ1v) is 6.49. The van der Waals surface area contributed by atoms with Crippen molar-refractivity contribution in [3.05, 3.63) is 29.8 Å². The zero-order chi connectivity index (χ0) is 13.4. The smallest absolute Gasteiger partial charge is 0.221 e. The molecular weight excluding hydrogens is 226 g/mol. The zero-order valence-electron chi connectivity index (χ0n) is 11.3. The Labute approximate surface area is 109 Å². The van der Waals surface area contributed by atoms with E-state index < -0.39 is 0 Å². The van der Waals surface area contributed by atoms with Crippen LogP contribution in [-0.4, -0.2) is 30.4 Å². The fourth-order valence-corrected chi connectivity index (χ4v) is 1.78. The number of carbonyl (C=O) groups excluding carboxylic acids is 1. The molecule has 1 rings (SSSR count). The minimum atomic E-state index is 0.119. The third kappa shape index (κ3) is 5.19. The highest BCUT2D eigenvalue weighted by molar-refractivity contribution is 5.75. The molecule has 18 heavy (non-hydrogen) atoms. The van der Waals surface area contributed by atoms with Gasteiger partial charge < -0.3 is 11.1 Å². The predicted octanol–water partition coefficient (Wildman–Crippen LogP) is 1.62. The molecule has 0 saturated heterocycles. The Bertz CT molecular complexity index is 362. The molecule has 4 nitrogen and oxygen atoms in total. The van der Waals surface area contributed by atoms with Gasteiger partial charge in [0, 0.05) is 31.7 Å². The number of nitrogen functional groups attached to an aromatic ring is 1. The molecule has 100 valence electrons. The molecule has 0 saturated carbocycles. The van der Waals surface area contributed by atoms with Crippen LogP contribution in [0.4, 0.5) is 5.69 Å². The summed E-state index contributed by atoms with van der Waals surface area (Å²) in [5, 5.41) is 2.81. The van der Waals surface area contributed by atoms with Gasteiger partial charge in [-0.05, 0) is 31.2 Å². The molecule has 0 unspecified atom stereocenters. The third-order valence-corrected chi connectivity index (χ3v) is 2.86. The Balaban J connectivity index is 2.42. The van der Waals surface area contributed by atoms with Gasteiger partial charge in [-0.2, -0.15) is 0 Å². The molecular formula is C14H23N3O. The predicted molar refractivity (Wildman–Crippen MR) is 75.1 cm³/mol. The summed E-state index contributed by atoms with van der Waals surface area (Å²) >= 11 is 0. The van der Waals surface area contributed by atoms with Crippen LogP contribution in [0.2, 0.25) is 0 Å². The van der Waals surface area contributed by atoms with Gasteiger partial charge in [-0.1, -0.05) is 19.1 Å². The van der Waals surface area contributed by atoms with E-state index in [4.69, 9.17) is 5.73 Å². The number of nitrogens with one attached hydrogen (secondary N) is 1. The SMILES string of the molecule is CCNC(=O)CCN(CC)Cc1ccc(N)cc1. The first-order valence-electron chi connectivity index (χ1n) is 6.49. The van der Waals surface area contributed by atoms with Crippen molar-refractivity contribution in [2.45, 2.75) is 26.8 Å². The van der Waals surface area contributed by atoms with E-state index in [2.05, 4.69) is 17.1 Å². The quantitative estimate of drug-likeness (QED) is 0.722. The van der Waals surface area contributed by atoms with E-state index >= 15 is 0 Å². The standard InChI is InChI=1S/C14H23N3O/c1-3-16-14(18)9-10-17(4-2)11-12-5-7-13(15)8-6-12/h5-8H,3-4,9-11,15H2,1-2H3,(H,16,18). The summed E-state index contributed by atoms with van der Waals surface area (Å²) in [7, 11) is 0. The normalized spacial score (nSPS) is 10.6. The molecule has 0 aliphatic heterocycles. The fourth-order valence-electron chi connectivity index (χ4n) is 1.78. The van der Waals surface area contributed by atoms with Crippen LogP contribution in [0, 0.1) is 0 Å². The number of amides is 1. The van der Waals surface area contributed by atoms with Gasteiger partial charge in [0.15, 0.2) is 0 Å². The highest BCUT2D eigenvalue weighted by Crippen LogP contribution is 2.08. The Morgan fingerprint density at radius 2 is 1.94 bits per heavy atom. The van der Waals surface area contributed by atoms with Crippen LogP contribution in [0.1, 0.15) is 25.8 Å². The molecule has 0 aliphatic rings. The van der Waals surface area contributed by atoms with Gasteiger partial charge in [-0.3, -0.25) is 9.69 Å². The minimum absolute atomic E-state index is 0.119. The maximum absolute atomic E-state index is 11.4. The minimum Gasteiger partial charge on any atom is -0.399 e. The second kappa shape index (κ2) is 7.71. The van der Waals surface area contributed by atoms with Crippen molar-refractivity contribution in [1.29, 1.82) is 0 Å². The Hall–Kier alpha value is -1.55. The molecule has 1 amide bonds. The van der Waals surface area contributed by atoms with Crippen LogP contribution in [0.15, 0.2) is 24.3 Å². The molecule has 0 fully saturated rings. The summed E-state index contributed by atoms with van der Waals surface area (Å²) in [5.41, 5.74) is 7.66. The number of hydrogen-bond donors (Lipinski definition) is 2. The number of rotatable bonds is 7. The van der Waals surface area contributed by atoms with Crippen LogP contribution in [0.25, 0.3) is 0 Å². The second-order valence-corrected chi connectivity index (χ2v) is 4.31. The molecule has 0 spiro atoms. The topological polar surface area (TPSA) is 58.4 Å². The molecule has 1 aromatic rings. The van der Waals surface area contributed by atoms with Crippen LogP contribution < -0.4 is 11.1 Å². The van der Waals surface area contributed by atoms with Crippen LogP contribution in [0.5, 0.6) is 0 Å². The number of nitrogens with two attached hydrogens (primary N) is 1. The lowest BCUT2D eigenvalue weighted by atomic mass is 10.2. The van der Waals surface area contributed by atoms with Gasteiger partial charge in [0.1, 0.15) is 0 Å². The fraction of sp³-hybridized carbons (Fsp3) is 0.500. The summed E-state index contributed by atoms with van der Waals surface area (Å²) in [5.74, 6) is 0.119. The molecule has 1 aromatic carbocycles. The van der Waals surface area contributed by atoms with Gasteiger partial charge in [0.25, 0.3) is 0 Å². The van der Waals surface area contributed by atoms with Crippen LogP contribution in [0.3, 0.4) is 0 Å². The van der Waals surface area contributed by atoms with E-state index in [1.54, 1.807) is 0 Å². The van der Waals surface area contributed by atoms with Crippen molar-refractivity contribution < 1.29 is 4.79 Å². The first kappa shape index (κ1) is 14.5. The third-order valence-electron chi connectivity index (χ3n) is 2.86. The Morgan fingerprint density at radius 1 is 1.28 bits per heavy atom. The average molecular weight is 249 g/mol. The monoisotopic (exact) mass is 249 g/mol. The highest BCUT2D eigenvalue weighted by atomic mass is 16.1. The lowest BCUT2D eigenvalue weighted by Gasteiger charge is -2.20. The average Bonchev–Trinajstić information content (AvgIpc) is 2.37.